The van der Waals surface area contributed by atoms with E-state index in [9.17, 15) is 4.79 Å². The smallest absolute Gasteiger partial charge is 0.346 e. The molecule has 2 aliphatic carbocycles. The summed E-state index contributed by atoms with van der Waals surface area (Å²) in [4.78, 5) is 17.6. The SMILES string of the molecule is COC1CC2(C1)C(N)=NC(=O)N2CC1CC1. The van der Waals surface area contributed by atoms with E-state index in [1.54, 1.807) is 7.11 Å². The van der Waals surface area contributed by atoms with Crippen molar-refractivity contribution in [1.29, 1.82) is 0 Å². The number of rotatable bonds is 3. The van der Waals surface area contributed by atoms with Crippen LogP contribution in [-0.4, -0.2) is 42.1 Å². The third kappa shape index (κ3) is 1.27. The molecule has 16 heavy (non-hydrogen) atoms. The van der Waals surface area contributed by atoms with Crippen molar-refractivity contribution in [1.82, 2.24) is 4.90 Å². The molecule has 3 rings (SSSR count). The van der Waals surface area contributed by atoms with Crippen LogP contribution in [0.3, 0.4) is 0 Å². The average molecular weight is 223 g/mol. The lowest BCUT2D eigenvalue weighted by Crippen LogP contribution is -2.64. The number of carbonyl (C=O) groups excluding carboxylic acids is 1. The number of amides is 2. The maximum atomic E-state index is 11.8. The molecule has 1 aliphatic heterocycles. The van der Waals surface area contributed by atoms with E-state index in [4.69, 9.17) is 10.5 Å². The Labute approximate surface area is 94.6 Å². The monoisotopic (exact) mass is 223 g/mol. The fourth-order valence-corrected chi connectivity index (χ4v) is 2.69. The molecule has 0 unspecified atom stereocenters. The number of amidine groups is 1. The number of hydrogen-bond acceptors (Lipinski definition) is 3. The van der Waals surface area contributed by atoms with E-state index in [0.29, 0.717) is 11.8 Å². The Balaban J connectivity index is 1.78. The minimum Gasteiger partial charge on any atom is -0.385 e. The second kappa shape index (κ2) is 3.20. The maximum Gasteiger partial charge on any atom is 0.346 e. The van der Waals surface area contributed by atoms with E-state index in [-0.39, 0.29) is 17.7 Å². The summed E-state index contributed by atoms with van der Waals surface area (Å²) in [6, 6.07) is -0.154. The number of nitrogens with two attached hydrogens (primary N) is 1. The number of aliphatic imine (C=N–C) groups is 1. The van der Waals surface area contributed by atoms with Crippen molar-refractivity contribution in [2.24, 2.45) is 16.6 Å². The normalized spacial score (nSPS) is 37.8. The molecular weight excluding hydrogens is 206 g/mol. The Morgan fingerprint density at radius 1 is 1.56 bits per heavy atom. The predicted molar refractivity (Wildman–Crippen MR) is 59.2 cm³/mol. The first kappa shape index (κ1) is 10.1. The number of methoxy groups -OCH3 is 1. The number of hydrogen-bond donors (Lipinski definition) is 1. The second-order valence-electron chi connectivity index (χ2n) is 5.13. The Morgan fingerprint density at radius 3 is 2.81 bits per heavy atom. The summed E-state index contributed by atoms with van der Waals surface area (Å²) in [5, 5.41) is 0. The van der Waals surface area contributed by atoms with Crippen molar-refractivity contribution >= 4 is 11.9 Å². The fourth-order valence-electron chi connectivity index (χ4n) is 2.69. The van der Waals surface area contributed by atoms with Crippen LogP contribution in [0, 0.1) is 5.92 Å². The van der Waals surface area contributed by atoms with Crippen LogP contribution >= 0.6 is 0 Å². The van der Waals surface area contributed by atoms with Crippen molar-refractivity contribution in [2.75, 3.05) is 13.7 Å². The first-order valence-electron chi connectivity index (χ1n) is 5.85. The summed E-state index contributed by atoms with van der Waals surface area (Å²) in [7, 11) is 1.70. The number of nitrogens with zero attached hydrogens (tertiary/aromatic N) is 2. The van der Waals surface area contributed by atoms with Crippen LogP contribution < -0.4 is 5.73 Å². The van der Waals surface area contributed by atoms with Crippen LogP contribution in [0.4, 0.5) is 4.79 Å². The van der Waals surface area contributed by atoms with Gasteiger partial charge in [-0.3, -0.25) is 0 Å². The Morgan fingerprint density at radius 2 is 2.25 bits per heavy atom. The Bertz CT molecular complexity index is 356. The third-order valence-corrected chi connectivity index (χ3v) is 4.04. The molecule has 5 heteroatoms. The van der Waals surface area contributed by atoms with E-state index < -0.39 is 0 Å². The van der Waals surface area contributed by atoms with Crippen LogP contribution in [0.2, 0.25) is 0 Å². The van der Waals surface area contributed by atoms with E-state index in [2.05, 4.69) is 4.99 Å². The standard InChI is InChI=1S/C11H17N3O2/c1-16-8-4-11(5-8)9(12)13-10(15)14(11)6-7-2-3-7/h7-8H,2-6H2,1H3,(H2,12,13,15). The van der Waals surface area contributed by atoms with Gasteiger partial charge in [-0.05, 0) is 18.8 Å². The van der Waals surface area contributed by atoms with Crippen molar-refractivity contribution < 1.29 is 9.53 Å². The molecule has 5 nitrogen and oxygen atoms in total. The molecule has 0 atom stereocenters. The van der Waals surface area contributed by atoms with Gasteiger partial charge in [0.05, 0.1) is 6.10 Å². The van der Waals surface area contributed by atoms with Crippen LogP contribution in [0.1, 0.15) is 25.7 Å². The molecule has 3 aliphatic rings. The summed E-state index contributed by atoms with van der Waals surface area (Å²) in [5.41, 5.74) is 5.60. The number of urea groups is 1. The summed E-state index contributed by atoms with van der Waals surface area (Å²) < 4.78 is 5.28. The quantitative estimate of drug-likeness (QED) is 0.767. The van der Waals surface area contributed by atoms with Gasteiger partial charge in [-0.2, -0.15) is 4.99 Å². The first-order chi connectivity index (χ1) is 7.65. The molecule has 1 heterocycles. The van der Waals surface area contributed by atoms with Gasteiger partial charge in [0, 0.05) is 26.5 Å². The van der Waals surface area contributed by atoms with Gasteiger partial charge in [-0.1, -0.05) is 0 Å². The molecule has 0 saturated heterocycles. The predicted octanol–water partition coefficient (Wildman–Crippen LogP) is 0.737. The lowest BCUT2D eigenvalue weighted by Gasteiger charge is -2.49. The van der Waals surface area contributed by atoms with Gasteiger partial charge in [-0.15, -0.1) is 0 Å². The van der Waals surface area contributed by atoms with Crippen molar-refractivity contribution in [3.63, 3.8) is 0 Å². The van der Waals surface area contributed by atoms with Crippen molar-refractivity contribution in [3.05, 3.63) is 0 Å². The lowest BCUT2D eigenvalue weighted by molar-refractivity contribution is -0.0373. The van der Waals surface area contributed by atoms with Crippen molar-refractivity contribution in [2.45, 2.75) is 37.3 Å². The molecule has 0 aromatic carbocycles. The van der Waals surface area contributed by atoms with E-state index in [1.165, 1.54) is 12.8 Å². The molecule has 0 aromatic heterocycles. The molecule has 0 aromatic rings. The Kier molecular flexibility index (Phi) is 2.01. The summed E-state index contributed by atoms with van der Waals surface area (Å²) >= 11 is 0. The molecule has 88 valence electrons. The minimum absolute atomic E-state index is 0.154. The highest BCUT2D eigenvalue weighted by molar-refractivity contribution is 6.06. The zero-order chi connectivity index (χ0) is 11.3. The second-order valence-corrected chi connectivity index (χ2v) is 5.13. The van der Waals surface area contributed by atoms with E-state index in [1.807, 2.05) is 4.90 Å². The minimum atomic E-state index is -0.305. The molecular formula is C11H17N3O2. The fraction of sp³-hybridized carbons (Fsp3) is 0.818. The highest BCUT2D eigenvalue weighted by Crippen LogP contribution is 2.45. The maximum absolute atomic E-state index is 11.8. The highest BCUT2D eigenvalue weighted by atomic mass is 16.5. The van der Waals surface area contributed by atoms with Gasteiger partial charge in [0.2, 0.25) is 0 Å². The topological polar surface area (TPSA) is 67.9 Å². The van der Waals surface area contributed by atoms with E-state index in [0.717, 1.165) is 19.4 Å². The zero-order valence-electron chi connectivity index (χ0n) is 9.48. The highest BCUT2D eigenvalue weighted by Gasteiger charge is 2.57. The molecule has 2 fully saturated rings. The molecule has 2 saturated carbocycles. The van der Waals surface area contributed by atoms with Gasteiger partial charge < -0.3 is 15.4 Å². The molecule has 0 bridgehead atoms. The Hall–Kier alpha value is -1.10. The lowest BCUT2D eigenvalue weighted by atomic mass is 9.72. The molecule has 2 N–H and O–H groups in total. The van der Waals surface area contributed by atoms with E-state index >= 15 is 0 Å². The van der Waals surface area contributed by atoms with Crippen LogP contribution in [-0.2, 0) is 4.74 Å². The summed E-state index contributed by atoms with van der Waals surface area (Å²) in [6.07, 6.45) is 4.29. The van der Waals surface area contributed by atoms with Gasteiger partial charge in [0.15, 0.2) is 0 Å². The third-order valence-electron chi connectivity index (χ3n) is 4.04. The summed E-state index contributed by atoms with van der Waals surface area (Å²) in [6.45, 7) is 0.819. The number of ether oxygens (including phenoxy) is 1. The van der Waals surface area contributed by atoms with Gasteiger partial charge >= 0.3 is 6.03 Å². The summed E-state index contributed by atoms with van der Waals surface area (Å²) in [5.74, 6) is 1.16. The number of carbonyl (C=O) groups is 1. The van der Waals surface area contributed by atoms with Gasteiger partial charge in [-0.25, -0.2) is 4.79 Å². The first-order valence-corrected chi connectivity index (χ1v) is 5.85. The zero-order valence-corrected chi connectivity index (χ0v) is 9.48. The molecule has 2 amide bonds. The van der Waals surface area contributed by atoms with Gasteiger partial charge in [0.25, 0.3) is 0 Å². The van der Waals surface area contributed by atoms with Crippen molar-refractivity contribution in [3.8, 4) is 0 Å². The molecule has 0 radical (unpaired) electrons. The van der Waals surface area contributed by atoms with Gasteiger partial charge in [0.1, 0.15) is 11.4 Å². The van der Waals surface area contributed by atoms with Crippen LogP contribution in [0.25, 0.3) is 0 Å². The van der Waals surface area contributed by atoms with Crippen LogP contribution in [0.15, 0.2) is 4.99 Å². The van der Waals surface area contributed by atoms with Crippen LogP contribution in [0.5, 0.6) is 0 Å². The largest absolute Gasteiger partial charge is 0.385 e. The average Bonchev–Trinajstić information content (AvgIpc) is 2.94. The molecule has 1 spiro atoms.